The molecule has 0 radical (unpaired) electrons. The summed E-state index contributed by atoms with van der Waals surface area (Å²) in [4.78, 5) is 16.2. The third kappa shape index (κ3) is 2.23. The molecule has 0 bridgehead atoms. The number of carbonyl (C=O) groups is 1. The van der Waals surface area contributed by atoms with Crippen LogP contribution in [-0.4, -0.2) is 23.2 Å². The lowest BCUT2D eigenvalue weighted by atomic mass is 10.2. The Morgan fingerprint density at radius 1 is 1.25 bits per heavy atom. The van der Waals surface area contributed by atoms with Gasteiger partial charge in [0.25, 0.3) is 0 Å². The van der Waals surface area contributed by atoms with Crippen molar-refractivity contribution >= 4 is 27.4 Å². The fourth-order valence-electron chi connectivity index (χ4n) is 1.97. The molecule has 4 nitrogen and oxygen atoms in total. The average Bonchev–Trinajstić information content (AvgIpc) is 2.90. The molecule has 0 spiro atoms. The number of thiophene rings is 1. The van der Waals surface area contributed by atoms with Gasteiger partial charge in [0, 0.05) is 10.9 Å². The molecular weight excluding hydrogens is 274 g/mol. The normalized spacial score (nSPS) is 10.7. The van der Waals surface area contributed by atoms with Crippen LogP contribution in [0.1, 0.15) is 10.4 Å². The number of aromatic nitrogens is 1. The second-order valence-corrected chi connectivity index (χ2v) is 5.33. The van der Waals surface area contributed by atoms with Crippen LogP contribution in [0.15, 0.2) is 42.6 Å². The van der Waals surface area contributed by atoms with Crippen molar-refractivity contribution < 1.29 is 14.6 Å². The van der Waals surface area contributed by atoms with E-state index in [-0.39, 0.29) is 5.56 Å². The monoisotopic (exact) mass is 285 g/mol. The summed E-state index contributed by atoms with van der Waals surface area (Å²) >= 11 is 1.58. The van der Waals surface area contributed by atoms with Gasteiger partial charge >= 0.3 is 5.97 Å². The van der Waals surface area contributed by atoms with Crippen molar-refractivity contribution in [3.05, 3.63) is 48.2 Å². The molecule has 3 aromatic rings. The second kappa shape index (κ2) is 4.94. The average molecular weight is 285 g/mol. The molecule has 0 amide bonds. The van der Waals surface area contributed by atoms with Gasteiger partial charge in [-0.05, 0) is 41.8 Å². The molecule has 0 aliphatic heterocycles. The summed E-state index contributed by atoms with van der Waals surface area (Å²) in [6.45, 7) is 0. The summed E-state index contributed by atoms with van der Waals surface area (Å²) in [6, 6.07) is 10.9. The first-order valence-electron chi connectivity index (χ1n) is 5.94. The van der Waals surface area contributed by atoms with Crippen LogP contribution in [-0.2, 0) is 0 Å². The molecule has 2 aromatic heterocycles. The van der Waals surface area contributed by atoms with E-state index >= 15 is 0 Å². The molecular formula is C15H11NO3S. The second-order valence-electron chi connectivity index (χ2n) is 4.25. The fraction of sp³-hybridized carbons (Fsp3) is 0.0667. The molecule has 0 saturated carbocycles. The van der Waals surface area contributed by atoms with Crippen molar-refractivity contribution in [3.63, 3.8) is 0 Å². The highest BCUT2D eigenvalue weighted by atomic mass is 32.1. The Morgan fingerprint density at radius 2 is 2.10 bits per heavy atom. The highest BCUT2D eigenvalue weighted by Gasteiger charge is 2.09. The minimum absolute atomic E-state index is 0.241. The van der Waals surface area contributed by atoms with Crippen LogP contribution >= 0.6 is 11.3 Å². The molecule has 0 fully saturated rings. The predicted octanol–water partition coefficient (Wildman–Crippen LogP) is 3.67. The van der Waals surface area contributed by atoms with E-state index in [2.05, 4.69) is 4.98 Å². The van der Waals surface area contributed by atoms with E-state index in [1.165, 1.54) is 12.3 Å². The van der Waals surface area contributed by atoms with E-state index in [9.17, 15) is 4.79 Å². The lowest BCUT2D eigenvalue weighted by Gasteiger charge is -1.97. The number of rotatable bonds is 3. The number of aromatic carboxylic acids is 1. The summed E-state index contributed by atoms with van der Waals surface area (Å²) in [5.41, 5.74) is 0.912. The van der Waals surface area contributed by atoms with Crippen LogP contribution in [0.5, 0.6) is 5.75 Å². The molecule has 3 rings (SSSR count). The first-order valence-corrected chi connectivity index (χ1v) is 6.76. The lowest BCUT2D eigenvalue weighted by Crippen LogP contribution is -1.96. The van der Waals surface area contributed by atoms with Crippen LogP contribution in [0.4, 0.5) is 0 Å². The summed E-state index contributed by atoms with van der Waals surface area (Å²) in [6.07, 6.45) is 1.52. The Balaban J connectivity index is 2.10. The largest absolute Gasteiger partial charge is 0.497 e. The maximum Gasteiger partial charge on any atom is 0.335 e. The predicted molar refractivity (Wildman–Crippen MR) is 78.6 cm³/mol. The molecule has 20 heavy (non-hydrogen) atoms. The number of hydrogen-bond acceptors (Lipinski definition) is 4. The molecule has 0 atom stereocenters. The SMILES string of the molecule is COc1ccc2sc(-c3cc(C(=O)O)ccn3)cc2c1. The Morgan fingerprint density at radius 3 is 2.85 bits per heavy atom. The molecule has 1 N–H and O–H groups in total. The fourth-order valence-corrected chi connectivity index (χ4v) is 2.98. The maximum atomic E-state index is 11.0. The summed E-state index contributed by atoms with van der Waals surface area (Å²) in [5, 5.41) is 10.1. The van der Waals surface area contributed by atoms with Crippen molar-refractivity contribution in [3.8, 4) is 16.3 Å². The smallest absolute Gasteiger partial charge is 0.335 e. The number of nitrogens with zero attached hydrogens (tertiary/aromatic N) is 1. The Bertz CT molecular complexity index is 795. The topological polar surface area (TPSA) is 59.4 Å². The van der Waals surface area contributed by atoms with Crippen molar-refractivity contribution in [1.29, 1.82) is 0 Å². The van der Waals surface area contributed by atoms with Gasteiger partial charge in [-0.3, -0.25) is 4.98 Å². The third-order valence-corrected chi connectivity index (χ3v) is 4.12. The minimum Gasteiger partial charge on any atom is -0.497 e. The number of pyridine rings is 1. The molecule has 1 aromatic carbocycles. The van der Waals surface area contributed by atoms with E-state index in [1.807, 2.05) is 24.3 Å². The Labute approximate surface area is 119 Å². The minimum atomic E-state index is -0.948. The Hall–Kier alpha value is -2.40. The van der Waals surface area contributed by atoms with Crippen LogP contribution in [0.2, 0.25) is 0 Å². The van der Waals surface area contributed by atoms with Crippen molar-refractivity contribution in [2.24, 2.45) is 0 Å². The summed E-state index contributed by atoms with van der Waals surface area (Å²) in [7, 11) is 1.63. The lowest BCUT2D eigenvalue weighted by molar-refractivity contribution is 0.0697. The van der Waals surface area contributed by atoms with Gasteiger partial charge in [0.1, 0.15) is 5.75 Å². The third-order valence-electron chi connectivity index (χ3n) is 2.98. The van der Waals surface area contributed by atoms with E-state index < -0.39 is 5.97 Å². The van der Waals surface area contributed by atoms with Crippen LogP contribution < -0.4 is 4.74 Å². The standard InChI is InChI=1S/C15H11NO3S/c1-19-11-2-3-13-10(6-11)8-14(20-13)12-7-9(15(17)18)4-5-16-12/h2-8H,1H3,(H,17,18). The highest BCUT2D eigenvalue weighted by Crippen LogP contribution is 2.34. The van der Waals surface area contributed by atoms with E-state index in [0.29, 0.717) is 5.69 Å². The van der Waals surface area contributed by atoms with E-state index in [0.717, 1.165) is 20.7 Å². The first-order chi connectivity index (χ1) is 9.67. The number of ether oxygens (including phenoxy) is 1. The quantitative estimate of drug-likeness (QED) is 0.797. The van der Waals surface area contributed by atoms with Crippen molar-refractivity contribution in [2.75, 3.05) is 7.11 Å². The van der Waals surface area contributed by atoms with Gasteiger partial charge in [0.15, 0.2) is 0 Å². The van der Waals surface area contributed by atoms with Crippen molar-refractivity contribution in [1.82, 2.24) is 4.98 Å². The number of fused-ring (bicyclic) bond motifs is 1. The molecule has 0 unspecified atom stereocenters. The van der Waals surface area contributed by atoms with Crippen LogP contribution in [0.25, 0.3) is 20.7 Å². The van der Waals surface area contributed by atoms with E-state index in [4.69, 9.17) is 9.84 Å². The number of carboxylic acids is 1. The Kier molecular flexibility index (Phi) is 3.12. The van der Waals surface area contributed by atoms with E-state index in [1.54, 1.807) is 24.5 Å². The molecule has 0 saturated heterocycles. The number of methoxy groups -OCH3 is 1. The molecule has 100 valence electrons. The van der Waals surface area contributed by atoms with Gasteiger partial charge in [0.2, 0.25) is 0 Å². The van der Waals surface area contributed by atoms with Crippen LogP contribution in [0.3, 0.4) is 0 Å². The molecule has 5 heteroatoms. The van der Waals surface area contributed by atoms with Crippen LogP contribution in [0, 0.1) is 0 Å². The van der Waals surface area contributed by atoms with Gasteiger partial charge in [-0.2, -0.15) is 0 Å². The number of carboxylic acid groups (broad SMARTS) is 1. The zero-order valence-electron chi connectivity index (χ0n) is 10.7. The summed E-state index contributed by atoms with van der Waals surface area (Å²) < 4.78 is 6.31. The van der Waals surface area contributed by atoms with Gasteiger partial charge in [-0.25, -0.2) is 4.79 Å². The zero-order valence-corrected chi connectivity index (χ0v) is 11.5. The number of benzene rings is 1. The number of hydrogen-bond donors (Lipinski definition) is 1. The van der Waals surface area contributed by atoms with Gasteiger partial charge < -0.3 is 9.84 Å². The molecule has 0 aliphatic carbocycles. The maximum absolute atomic E-state index is 11.0. The summed E-state index contributed by atoms with van der Waals surface area (Å²) in [5.74, 6) is -0.148. The zero-order chi connectivity index (χ0) is 14.1. The molecule has 2 heterocycles. The highest BCUT2D eigenvalue weighted by molar-refractivity contribution is 7.22. The first kappa shape index (κ1) is 12.6. The van der Waals surface area contributed by atoms with Gasteiger partial charge in [-0.15, -0.1) is 11.3 Å². The molecule has 0 aliphatic rings. The van der Waals surface area contributed by atoms with Crippen molar-refractivity contribution in [2.45, 2.75) is 0 Å². The van der Waals surface area contributed by atoms with Gasteiger partial charge in [0.05, 0.1) is 23.2 Å². The van der Waals surface area contributed by atoms with Gasteiger partial charge in [-0.1, -0.05) is 0 Å².